The van der Waals surface area contributed by atoms with Crippen LogP contribution in [0.3, 0.4) is 0 Å². The third-order valence-electron chi connectivity index (χ3n) is 3.78. The summed E-state index contributed by atoms with van der Waals surface area (Å²) in [4.78, 5) is 26.5. The molecule has 4 nitrogen and oxygen atoms in total. The van der Waals surface area contributed by atoms with Crippen molar-refractivity contribution in [2.75, 3.05) is 13.1 Å². The minimum atomic E-state index is -0.442. The van der Waals surface area contributed by atoms with Crippen LogP contribution in [0.1, 0.15) is 36.2 Å². The fourth-order valence-corrected chi connectivity index (χ4v) is 2.29. The van der Waals surface area contributed by atoms with E-state index in [0.717, 1.165) is 25.1 Å². The van der Waals surface area contributed by atoms with Crippen molar-refractivity contribution >= 4 is 11.8 Å². The third-order valence-corrected chi connectivity index (χ3v) is 3.78. The molecule has 4 heteroatoms. The first-order valence-corrected chi connectivity index (χ1v) is 7.16. The highest BCUT2D eigenvalue weighted by atomic mass is 16.2. The fourth-order valence-electron chi connectivity index (χ4n) is 2.29. The Morgan fingerprint density at radius 1 is 1.20 bits per heavy atom. The number of aryl methyl sites for hydroxylation is 1. The Morgan fingerprint density at radius 3 is 2.35 bits per heavy atom. The van der Waals surface area contributed by atoms with Gasteiger partial charge >= 0.3 is 0 Å². The van der Waals surface area contributed by atoms with E-state index in [2.05, 4.69) is 5.32 Å². The molecule has 0 aliphatic carbocycles. The molecule has 1 aromatic rings. The van der Waals surface area contributed by atoms with Gasteiger partial charge in [-0.1, -0.05) is 32.0 Å². The van der Waals surface area contributed by atoms with Crippen LogP contribution >= 0.6 is 0 Å². The number of nitrogens with zero attached hydrogens (tertiary/aromatic N) is 1. The minimum absolute atomic E-state index is 0.0354. The number of hydrogen-bond donors (Lipinski definition) is 1. The molecular formula is C16H22N2O2. The molecule has 1 aliphatic heterocycles. The molecule has 1 saturated heterocycles. The van der Waals surface area contributed by atoms with Gasteiger partial charge in [0.25, 0.3) is 5.91 Å². The molecule has 0 spiro atoms. The first kappa shape index (κ1) is 14.6. The quantitative estimate of drug-likeness (QED) is 0.912. The Kier molecular flexibility index (Phi) is 4.42. The molecule has 1 fully saturated rings. The van der Waals surface area contributed by atoms with E-state index < -0.39 is 6.04 Å². The zero-order chi connectivity index (χ0) is 14.7. The molecule has 1 aliphatic rings. The largest absolute Gasteiger partial charge is 0.341 e. The Hall–Kier alpha value is -1.84. The van der Waals surface area contributed by atoms with Gasteiger partial charge in [-0.25, -0.2) is 0 Å². The van der Waals surface area contributed by atoms with Gasteiger partial charge in [0.1, 0.15) is 6.04 Å². The van der Waals surface area contributed by atoms with Gasteiger partial charge in [-0.3, -0.25) is 9.59 Å². The predicted octanol–water partition coefficient (Wildman–Crippen LogP) is 1.98. The van der Waals surface area contributed by atoms with Crippen molar-refractivity contribution in [1.29, 1.82) is 0 Å². The van der Waals surface area contributed by atoms with Gasteiger partial charge in [0, 0.05) is 18.7 Å². The molecule has 0 radical (unpaired) electrons. The SMILES string of the molecule is Cc1ccccc1C(=O)NC(C(=O)N1CCC1)C(C)C. The Balaban J connectivity index is 2.10. The topological polar surface area (TPSA) is 49.4 Å². The maximum absolute atomic E-state index is 12.3. The molecule has 2 amide bonds. The molecule has 1 heterocycles. The summed E-state index contributed by atoms with van der Waals surface area (Å²) in [6.07, 6.45) is 1.06. The predicted molar refractivity (Wildman–Crippen MR) is 78.5 cm³/mol. The van der Waals surface area contributed by atoms with E-state index in [1.54, 1.807) is 6.07 Å². The van der Waals surface area contributed by atoms with Crippen molar-refractivity contribution in [3.05, 3.63) is 35.4 Å². The van der Waals surface area contributed by atoms with Crippen LogP contribution in [-0.4, -0.2) is 35.8 Å². The molecule has 2 rings (SSSR count). The van der Waals surface area contributed by atoms with Crippen LogP contribution in [0.5, 0.6) is 0 Å². The highest BCUT2D eigenvalue weighted by Crippen LogP contribution is 2.14. The number of hydrogen-bond acceptors (Lipinski definition) is 2. The second-order valence-electron chi connectivity index (χ2n) is 5.69. The number of rotatable bonds is 4. The van der Waals surface area contributed by atoms with E-state index in [9.17, 15) is 9.59 Å². The van der Waals surface area contributed by atoms with Crippen molar-refractivity contribution in [3.63, 3.8) is 0 Å². The first-order valence-electron chi connectivity index (χ1n) is 7.16. The summed E-state index contributed by atoms with van der Waals surface area (Å²) in [5.41, 5.74) is 1.55. The lowest BCUT2D eigenvalue weighted by atomic mass is 10.00. The van der Waals surface area contributed by atoms with Crippen LogP contribution < -0.4 is 5.32 Å². The Morgan fingerprint density at radius 2 is 1.85 bits per heavy atom. The van der Waals surface area contributed by atoms with Crippen molar-refractivity contribution < 1.29 is 9.59 Å². The van der Waals surface area contributed by atoms with Gasteiger partial charge in [0.2, 0.25) is 5.91 Å². The molecule has 1 N–H and O–H groups in total. The summed E-state index contributed by atoms with van der Waals surface area (Å²) in [5.74, 6) is -0.0556. The maximum atomic E-state index is 12.3. The number of carbonyl (C=O) groups is 2. The van der Waals surface area contributed by atoms with Gasteiger partial charge in [-0.05, 0) is 30.9 Å². The molecule has 0 aromatic heterocycles. The normalized spacial score (nSPS) is 15.7. The molecule has 20 heavy (non-hydrogen) atoms. The number of amides is 2. The van der Waals surface area contributed by atoms with E-state index in [4.69, 9.17) is 0 Å². The number of carbonyl (C=O) groups excluding carboxylic acids is 2. The summed E-state index contributed by atoms with van der Waals surface area (Å²) in [5, 5.41) is 2.89. The summed E-state index contributed by atoms with van der Waals surface area (Å²) < 4.78 is 0. The van der Waals surface area contributed by atoms with Crippen LogP contribution in [0.2, 0.25) is 0 Å². The van der Waals surface area contributed by atoms with Gasteiger partial charge < -0.3 is 10.2 Å². The minimum Gasteiger partial charge on any atom is -0.341 e. The molecule has 0 saturated carbocycles. The van der Waals surface area contributed by atoms with Gasteiger partial charge in [-0.15, -0.1) is 0 Å². The van der Waals surface area contributed by atoms with Crippen molar-refractivity contribution in [2.24, 2.45) is 5.92 Å². The van der Waals surface area contributed by atoms with Gasteiger partial charge in [0.05, 0.1) is 0 Å². The summed E-state index contributed by atoms with van der Waals surface area (Å²) in [6.45, 7) is 7.43. The Labute approximate surface area is 120 Å². The molecular weight excluding hydrogens is 252 g/mol. The van der Waals surface area contributed by atoms with E-state index in [-0.39, 0.29) is 17.7 Å². The number of nitrogens with one attached hydrogen (secondary N) is 1. The molecule has 108 valence electrons. The maximum Gasteiger partial charge on any atom is 0.252 e. The monoisotopic (exact) mass is 274 g/mol. The molecule has 0 bridgehead atoms. The smallest absolute Gasteiger partial charge is 0.252 e. The van der Waals surface area contributed by atoms with Crippen molar-refractivity contribution in [3.8, 4) is 0 Å². The lowest BCUT2D eigenvalue weighted by Gasteiger charge is -2.35. The zero-order valence-corrected chi connectivity index (χ0v) is 12.3. The van der Waals surface area contributed by atoms with E-state index >= 15 is 0 Å². The van der Waals surface area contributed by atoms with Crippen molar-refractivity contribution in [2.45, 2.75) is 33.2 Å². The molecule has 1 unspecified atom stereocenters. The van der Waals surface area contributed by atoms with E-state index in [1.807, 2.05) is 43.9 Å². The van der Waals surface area contributed by atoms with Crippen LogP contribution in [0.25, 0.3) is 0 Å². The van der Waals surface area contributed by atoms with Crippen LogP contribution in [0.15, 0.2) is 24.3 Å². The number of likely N-dealkylation sites (tertiary alicyclic amines) is 1. The second-order valence-corrected chi connectivity index (χ2v) is 5.69. The van der Waals surface area contributed by atoms with Gasteiger partial charge in [-0.2, -0.15) is 0 Å². The second kappa shape index (κ2) is 6.07. The van der Waals surface area contributed by atoms with E-state index in [1.165, 1.54) is 0 Å². The first-order chi connectivity index (χ1) is 9.50. The molecule has 1 atom stereocenters. The van der Waals surface area contributed by atoms with Gasteiger partial charge in [0.15, 0.2) is 0 Å². The average Bonchev–Trinajstić information content (AvgIpc) is 2.33. The third kappa shape index (κ3) is 3.00. The highest BCUT2D eigenvalue weighted by Gasteiger charge is 2.31. The fraction of sp³-hybridized carbons (Fsp3) is 0.500. The summed E-state index contributed by atoms with van der Waals surface area (Å²) in [7, 11) is 0. The lowest BCUT2D eigenvalue weighted by Crippen LogP contribution is -2.55. The number of benzene rings is 1. The molecule has 1 aromatic carbocycles. The zero-order valence-electron chi connectivity index (χ0n) is 12.3. The Bertz CT molecular complexity index is 507. The van der Waals surface area contributed by atoms with Crippen LogP contribution in [-0.2, 0) is 4.79 Å². The van der Waals surface area contributed by atoms with E-state index in [0.29, 0.717) is 5.56 Å². The highest BCUT2D eigenvalue weighted by molar-refractivity contribution is 5.98. The summed E-state index contributed by atoms with van der Waals surface area (Å²) >= 11 is 0. The summed E-state index contributed by atoms with van der Waals surface area (Å²) in [6, 6.07) is 6.98. The standard InChI is InChI=1S/C16H22N2O2/c1-11(2)14(16(20)18-9-6-10-18)17-15(19)13-8-5-4-7-12(13)3/h4-5,7-8,11,14H,6,9-10H2,1-3H3,(H,17,19). The van der Waals surface area contributed by atoms with Crippen LogP contribution in [0, 0.1) is 12.8 Å². The lowest BCUT2D eigenvalue weighted by molar-refractivity contribution is -0.137. The average molecular weight is 274 g/mol. The van der Waals surface area contributed by atoms with Crippen LogP contribution in [0.4, 0.5) is 0 Å². The van der Waals surface area contributed by atoms with Crippen molar-refractivity contribution in [1.82, 2.24) is 10.2 Å².